The van der Waals surface area contributed by atoms with Crippen molar-refractivity contribution in [3.8, 4) is 0 Å². The smallest absolute Gasteiger partial charge is 0.271 e. The Labute approximate surface area is 194 Å². The molecule has 3 aromatic carbocycles. The number of nitrogens with zero attached hydrogens (tertiary/aromatic N) is 2. The molecule has 1 heterocycles. The first kappa shape index (κ1) is 23.1. The van der Waals surface area contributed by atoms with Crippen LogP contribution in [0.1, 0.15) is 11.1 Å². The summed E-state index contributed by atoms with van der Waals surface area (Å²) in [6.45, 7) is 1.48. The number of aryl methyl sites for hydroxylation is 1. The summed E-state index contributed by atoms with van der Waals surface area (Å²) in [5.41, 5.74) is 1.35. The summed E-state index contributed by atoms with van der Waals surface area (Å²) >= 11 is 0. The van der Waals surface area contributed by atoms with Crippen molar-refractivity contribution < 1.29 is 22.5 Å². The molecule has 1 N–H and O–H groups in total. The second-order valence-electron chi connectivity index (χ2n) is 7.79. The molecule has 0 bridgehead atoms. The normalized spacial score (nSPS) is 11.5. The summed E-state index contributed by atoms with van der Waals surface area (Å²) in [7, 11) is -3.93. The topological polar surface area (TPSA) is 111 Å². The van der Waals surface area contributed by atoms with Gasteiger partial charge in [0, 0.05) is 34.8 Å². The molecule has 174 valence electrons. The number of nitro benzene ring substituents is 1. The molecule has 34 heavy (non-hydrogen) atoms. The summed E-state index contributed by atoms with van der Waals surface area (Å²) < 4.78 is 41.9. The number of nitrogens with one attached hydrogen (secondary N) is 1. The number of carbonyl (C=O) groups is 1. The van der Waals surface area contributed by atoms with Crippen molar-refractivity contribution in [3.05, 3.63) is 100.0 Å². The van der Waals surface area contributed by atoms with E-state index in [0.29, 0.717) is 22.2 Å². The molecule has 1 amide bonds. The number of para-hydroxylation sites is 1. The number of fused-ring (bicyclic) bond motifs is 1. The van der Waals surface area contributed by atoms with E-state index in [1.54, 1.807) is 37.3 Å². The van der Waals surface area contributed by atoms with Gasteiger partial charge in [-0.05, 0) is 24.6 Å². The fourth-order valence-electron chi connectivity index (χ4n) is 3.69. The molecule has 4 rings (SSSR count). The van der Waals surface area contributed by atoms with Crippen LogP contribution in [0.2, 0.25) is 0 Å². The number of sulfone groups is 1. The van der Waals surface area contributed by atoms with Gasteiger partial charge in [0.05, 0.1) is 21.3 Å². The number of amides is 1. The van der Waals surface area contributed by atoms with Gasteiger partial charge in [-0.3, -0.25) is 14.9 Å². The monoisotopic (exact) mass is 481 g/mol. The zero-order valence-electron chi connectivity index (χ0n) is 18.1. The van der Waals surface area contributed by atoms with E-state index < -0.39 is 32.2 Å². The number of non-ortho nitro benzene ring substituents is 1. The Morgan fingerprint density at radius 1 is 1.09 bits per heavy atom. The van der Waals surface area contributed by atoms with Crippen LogP contribution < -0.4 is 5.32 Å². The van der Waals surface area contributed by atoms with Gasteiger partial charge < -0.3 is 9.88 Å². The van der Waals surface area contributed by atoms with Crippen LogP contribution in [0.15, 0.2) is 77.8 Å². The van der Waals surface area contributed by atoms with Gasteiger partial charge in [0.2, 0.25) is 5.91 Å². The largest absolute Gasteiger partial charge is 0.337 e. The summed E-state index contributed by atoms with van der Waals surface area (Å²) in [5, 5.41) is 14.1. The van der Waals surface area contributed by atoms with Gasteiger partial charge in [-0.15, -0.1) is 0 Å². The van der Waals surface area contributed by atoms with E-state index in [1.807, 2.05) is 0 Å². The number of rotatable bonds is 7. The standard InChI is InChI=1S/C24H20FN3O5S/c1-16-10-11-18(28(30)31)12-21(16)26-24(29)14-27-13-23(19-7-3-5-9-22(19)27)34(32,33)15-17-6-2-4-8-20(17)25/h2-13H,14-15H2,1H3,(H,26,29). The molecule has 0 aliphatic carbocycles. The Morgan fingerprint density at radius 3 is 2.53 bits per heavy atom. The van der Waals surface area contributed by atoms with Gasteiger partial charge in [-0.1, -0.05) is 42.5 Å². The van der Waals surface area contributed by atoms with E-state index in [2.05, 4.69) is 5.32 Å². The third-order valence-corrected chi connectivity index (χ3v) is 7.10. The molecule has 0 atom stereocenters. The van der Waals surface area contributed by atoms with Gasteiger partial charge >= 0.3 is 0 Å². The predicted octanol–water partition coefficient (Wildman–Crippen LogP) is 4.61. The van der Waals surface area contributed by atoms with Crippen LogP contribution in [0.25, 0.3) is 10.9 Å². The lowest BCUT2D eigenvalue weighted by atomic mass is 10.2. The second kappa shape index (κ2) is 9.06. The third-order valence-electron chi connectivity index (χ3n) is 5.41. The molecule has 0 aliphatic rings. The molecule has 0 unspecified atom stereocenters. The molecule has 0 fully saturated rings. The SMILES string of the molecule is Cc1ccc([N+](=O)[O-])cc1NC(=O)Cn1cc(S(=O)(=O)Cc2ccccc2F)c2ccccc21. The van der Waals surface area contributed by atoms with E-state index in [0.717, 1.165) is 0 Å². The lowest BCUT2D eigenvalue weighted by Gasteiger charge is -2.09. The predicted molar refractivity (Wildman–Crippen MR) is 126 cm³/mol. The van der Waals surface area contributed by atoms with Crippen LogP contribution in [-0.4, -0.2) is 23.8 Å². The van der Waals surface area contributed by atoms with Crippen molar-refractivity contribution in [2.75, 3.05) is 5.32 Å². The minimum atomic E-state index is -3.93. The number of carbonyl (C=O) groups excluding carboxylic acids is 1. The number of aromatic nitrogens is 1. The maximum absolute atomic E-state index is 14.1. The van der Waals surface area contributed by atoms with Crippen LogP contribution in [0.5, 0.6) is 0 Å². The lowest BCUT2D eigenvalue weighted by Crippen LogP contribution is -2.19. The Bertz CT molecular complexity index is 1530. The number of anilines is 1. The number of benzene rings is 3. The first-order chi connectivity index (χ1) is 16.2. The zero-order chi connectivity index (χ0) is 24.5. The van der Waals surface area contributed by atoms with Crippen LogP contribution in [-0.2, 0) is 26.9 Å². The van der Waals surface area contributed by atoms with Crippen molar-refractivity contribution in [1.29, 1.82) is 0 Å². The van der Waals surface area contributed by atoms with E-state index >= 15 is 0 Å². The number of nitro groups is 1. The number of hydrogen-bond donors (Lipinski definition) is 1. The molecule has 1 aromatic heterocycles. The van der Waals surface area contributed by atoms with Gasteiger partial charge in [0.25, 0.3) is 5.69 Å². The highest BCUT2D eigenvalue weighted by molar-refractivity contribution is 7.90. The van der Waals surface area contributed by atoms with Crippen molar-refractivity contribution >= 4 is 38.0 Å². The Kier molecular flexibility index (Phi) is 6.16. The van der Waals surface area contributed by atoms with Crippen molar-refractivity contribution in [2.45, 2.75) is 24.1 Å². The number of halogens is 1. The first-order valence-electron chi connectivity index (χ1n) is 10.2. The first-order valence-corrected chi connectivity index (χ1v) is 11.9. The van der Waals surface area contributed by atoms with Crippen molar-refractivity contribution in [1.82, 2.24) is 4.57 Å². The highest BCUT2D eigenvalue weighted by Gasteiger charge is 2.23. The van der Waals surface area contributed by atoms with Crippen LogP contribution >= 0.6 is 0 Å². The molecule has 0 saturated carbocycles. The second-order valence-corrected chi connectivity index (χ2v) is 9.75. The van der Waals surface area contributed by atoms with Gasteiger partial charge in [0.1, 0.15) is 12.4 Å². The Balaban J connectivity index is 1.65. The van der Waals surface area contributed by atoms with E-state index in [4.69, 9.17) is 0 Å². The van der Waals surface area contributed by atoms with E-state index in [-0.39, 0.29) is 22.7 Å². The zero-order valence-corrected chi connectivity index (χ0v) is 18.9. The van der Waals surface area contributed by atoms with Crippen LogP contribution in [0, 0.1) is 22.9 Å². The highest BCUT2D eigenvalue weighted by Crippen LogP contribution is 2.29. The minimum absolute atomic E-state index is 0.00863. The quantitative estimate of drug-likeness (QED) is 0.306. The van der Waals surface area contributed by atoms with E-state index in [1.165, 1.54) is 47.2 Å². The highest BCUT2D eigenvalue weighted by atomic mass is 32.2. The molecule has 0 aliphatic heterocycles. The van der Waals surface area contributed by atoms with Crippen LogP contribution in [0.3, 0.4) is 0 Å². The van der Waals surface area contributed by atoms with Gasteiger partial charge in [0.15, 0.2) is 9.84 Å². The summed E-state index contributed by atoms with van der Waals surface area (Å²) in [6.07, 6.45) is 1.36. The average Bonchev–Trinajstić information content (AvgIpc) is 3.16. The molecule has 10 heteroatoms. The molecular formula is C24H20FN3O5S. The minimum Gasteiger partial charge on any atom is -0.337 e. The van der Waals surface area contributed by atoms with Crippen molar-refractivity contribution in [3.63, 3.8) is 0 Å². The summed E-state index contributed by atoms with van der Waals surface area (Å²) in [5.74, 6) is -1.61. The summed E-state index contributed by atoms with van der Waals surface area (Å²) in [4.78, 5) is 23.2. The maximum Gasteiger partial charge on any atom is 0.271 e. The third kappa shape index (κ3) is 4.67. The Morgan fingerprint density at radius 2 is 1.79 bits per heavy atom. The summed E-state index contributed by atoms with van der Waals surface area (Å²) in [6, 6.07) is 16.5. The van der Waals surface area contributed by atoms with Gasteiger partial charge in [-0.2, -0.15) is 0 Å². The molecule has 4 aromatic rings. The molecule has 8 nitrogen and oxygen atoms in total. The maximum atomic E-state index is 14.1. The average molecular weight is 482 g/mol. The molecule has 0 spiro atoms. The van der Waals surface area contributed by atoms with Crippen molar-refractivity contribution in [2.24, 2.45) is 0 Å². The lowest BCUT2D eigenvalue weighted by molar-refractivity contribution is -0.384. The molecule has 0 saturated heterocycles. The molecule has 0 radical (unpaired) electrons. The van der Waals surface area contributed by atoms with E-state index in [9.17, 15) is 27.7 Å². The Hall–Kier alpha value is -4.05. The fraction of sp³-hybridized carbons (Fsp3) is 0.125. The van der Waals surface area contributed by atoms with Crippen LogP contribution in [0.4, 0.5) is 15.8 Å². The fourth-order valence-corrected chi connectivity index (χ4v) is 5.29. The van der Waals surface area contributed by atoms with Gasteiger partial charge in [-0.25, -0.2) is 12.8 Å². The molecular weight excluding hydrogens is 461 g/mol. The number of hydrogen-bond acceptors (Lipinski definition) is 5.